The number of amides is 1. The molecule has 6 heteroatoms. The maximum absolute atomic E-state index is 13.4. The van der Waals surface area contributed by atoms with Crippen molar-refractivity contribution in [2.75, 3.05) is 19.7 Å². The van der Waals surface area contributed by atoms with Crippen LogP contribution >= 0.6 is 11.6 Å². The molecule has 1 aromatic rings. The summed E-state index contributed by atoms with van der Waals surface area (Å²) in [4.78, 5) is 14.0. The van der Waals surface area contributed by atoms with Crippen molar-refractivity contribution in [3.8, 4) is 0 Å². The molecule has 20 heavy (non-hydrogen) atoms. The Hall–Kier alpha value is -1.17. The van der Waals surface area contributed by atoms with E-state index in [0.29, 0.717) is 6.54 Å². The predicted octanol–water partition coefficient (Wildman–Crippen LogP) is 2.09. The summed E-state index contributed by atoms with van der Waals surface area (Å²) in [5.74, 6) is -0.917. The zero-order chi connectivity index (χ0) is 14.9. The first-order chi connectivity index (χ1) is 9.32. The molecule has 1 aliphatic heterocycles. The van der Waals surface area contributed by atoms with Gasteiger partial charge in [0.2, 0.25) is 0 Å². The average molecular weight is 302 g/mol. The molecule has 1 atom stereocenters. The molecular formula is C14H17ClFNO3. The largest absolute Gasteiger partial charge is 0.394 e. The second-order valence-electron chi connectivity index (χ2n) is 5.50. The first-order valence-corrected chi connectivity index (χ1v) is 6.73. The van der Waals surface area contributed by atoms with Crippen molar-refractivity contribution in [3.05, 3.63) is 34.6 Å². The molecular weight excluding hydrogens is 285 g/mol. The third-order valence-corrected chi connectivity index (χ3v) is 3.45. The molecule has 0 saturated carbocycles. The normalized spacial score (nSPS) is 21.9. The summed E-state index contributed by atoms with van der Waals surface area (Å²) in [6, 6.07) is 3.98. The molecule has 1 fully saturated rings. The van der Waals surface area contributed by atoms with Gasteiger partial charge in [0, 0.05) is 18.7 Å². The molecule has 0 spiro atoms. The standard InChI is InChI=1S/C14H17ClFNO3/c1-14(2)8-17(6-10(7-18)20-14)13(19)9-3-4-11(15)12(16)5-9/h3-5,10,18H,6-8H2,1-2H3. The van der Waals surface area contributed by atoms with Gasteiger partial charge in [-0.25, -0.2) is 4.39 Å². The van der Waals surface area contributed by atoms with Gasteiger partial charge in [-0.05, 0) is 32.0 Å². The van der Waals surface area contributed by atoms with Crippen LogP contribution in [0.2, 0.25) is 5.02 Å². The highest BCUT2D eigenvalue weighted by molar-refractivity contribution is 6.30. The fourth-order valence-corrected chi connectivity index (χ4v) is 2.47. The van der Waals surface area contributed by atoms with Crippen LogP contribution in [0.1, 0.15) is 24.2 Å². The number of aliphatic hydroxyl groups excluding tert-OH is 1. The number of nitrogens with zero attached hydrogens (tertiary/aromatic N) is 1. The third-order valence-electron chi connectivity index (χ3n) is 3.14. The van der Waals surface area contributed by atoms with Crippen LogP contribution in [0.25, 0.3) is 0 Å². The lowest BCUT2D eigenvalue weighted by Gasteiger charge is -2.42. The summed E-state index contributed by atoms with van der Waals surface area (Å²) in [6.45, 7) is 4.19. The number of hydrogen-bond donors (Lipinski definition) is 1. The van der Waals surface area contributed by atoms with Gasteiger partial charge in [0.05, 0.1) is 23.3 Å². The minimum absolute atomic E-state index is 0.0166. The highest BCUT2D eigenvalue weighted by Crippen LogP contribution is 2.23. The van der Waals surface area contributed by atoms with Crippen LogP contribution < -0.4 is 0 Å². The van der Waals surface area contributed by atoms with Crippen molar-refractivity contribution in [1.82, 2.24) is 4.90 Å². The first-order valence-electron chi connectivity index (χ1n) is 6.35. The van der Waals surface area contributed by atoms with E-state index in [1.807, 2.05) is 13.8 Å². The van der Waals surface area contributed by atoms with E-state index >= 15 is 0 Å². The molecule has 0 bridgehead atoms. The zero-order valence-corrected chi connectivity index (χ0v) is 12.2. The minimum Gasteiger partial charge on any atom is -0.394 e. The Labute approximate surface area is 122 Å². The molecule has 110 valence electrons. The van der Waals surface area contributed by atoms with Crippen LogP contribution in [0.3, 0.4) is 0 Å². The summed E-state index contributed by atoms with van der Waals surface area (Å²) in [5, 5.41) is 9.22. The number of halogens is 2. The number of benzene rings is 1. The molecule has 0 aromatic heterocycles. The number of carbonyl (C=O) groups excluding carboxylic acids is 1. The van der Waals surface area contributed by atoms with Crippen molar-refractivity contribution in [2.45, 2.75) is 25.6 Å². The lowest BCUT2D eigenvalue weighted by molar-refractivity contribution is -0.139. The molecule has 0 aliphatic carbocycles. The monoisotopic (exact) mass is 301 g/mol. The maximum atomic E-state index is 13.4. The third kappa shape index (κ3) is 3.29. The van der Waals surface area contributed by atoms with Gasteiger partial charge in [-0.2, -0.15) is 0 Å². The average Bonchev–Trinajstić information content (AvgIpc) is 2.39. The van der Waals surface area contributed by atoms with Crippen LogP contribution in [-0.2, 0) is 4.74 Å². The smallest absolute Gasteiger partial charge is 0.254 e. The lowest BCUT2D eigenvalue weighted by atomic mass is 10.0. The Morgan fingerprint density at radius 2 is 2.30 bits per heavy atom. The van der Waals surface area contributed by atoms with Gasteiger partial charge in [0.15, 0.2) is 0 Å². The van der Waals surface area contributed by atoms with Gasteiger partial charge in [0.1, 0.15) is 5.82 Å². The fraction of sp³-hybridized carbons (Fsp3) is 0.500. The van der Waals surface area contributed by atoms with Gasteiger partial charge in [-0.1, -0.05) is 11.6 Å². The van der Waals surface area contributed by atoms with Crippen molar-refractivity contribution >= 4 is 17.5 Å². The van der Waals surface area contributed by atoms with E-state index in [0.717, 1.165) is 6.07 Å². The summed E-state index contributed by atoms with van der Waals surface area (Å²) >= 11 is 5.61. The van der Waals surface area contributed by atoms with Crippen molar-refractivity contribution in [1.29, 1.82) is 0 Å². The molecule has 1 heterocycles. The van der Waals surface area contributed by atoms with Crippen molar-refractivity contribution in [2.24, 2.45) is 0 Å². The summed E-state index contributed by atoms with van der Waals surface area (Å²) in [7, 11) is 0. The lowest BCUT2D eigenvalue weighted by Crippen LogP contribution is -2.55. The van der Waals surface area contributed by atoms with E-state index in [2.05, 4.69) is 0 Å². The molecule has 1 N–H and O–H groups in total. The fourth-order valence-electron chi connectivity index (χ4n) is 2.36. The van der Waals surface area contributed by atoms with E-state index in [4.69, 9.17) is 16.3 Å². The number of hydrogen-bond acceptors (Lipinski definition) is 3. The Bertz CT molecular complexity index is 521. The number of aliphatic hydroxyl groups is 1. The van der Waals surface area contributed by atoms with Gasteiger partial charge < -0.3 is 14.7 Å². The Morgan fingerprint density at radius 1 is 1.60 bits per heavy atom. The molecule has 1 saturated heterocycles. The molecule has 2 rings (SSSR count). The number of morpholine rings is 1. The zero-order valence-electron chi connectivity index (χ0n) is 11.4. The first kappa shape index (κ1) is 15.2. The topological polar surface area (TPSA) is 49.8 Å². The predicted molar refractivity (Wildman–Crippen MR) is 73.4 cm³/mol. The highest BCUT2D eigenvalue weighted by atomic mass is 35.5. The summed E-state index contributed by atoms with van der Waals surface area (Å²) in [6.07, 6.45) is -0.431. The molecule has 1 amide bonds. The Balaban J connectivity index is 2.21. The molecule has 1 aliphatic rings. The highest BCUT2D eigenvalue weighted by Gasteiger charge is 2.35. The van der Waals surface area contributed by atoms with Crippen molar-refractivity contribution < 1.29 is 19.0 Å². The molecule has 4 nitrogen and oxygen atoms in total. The summed E-state index contributed by atoms with van der Waals surface area (Å²) < 4.78 is 19.1. The van der Waals surface area contributed by atoms with Gasteiger partial charge in [-0.3, -0.25) is 4.79 Å². The molecule has 1 aromatic carbocycles. The van der Waals surface area contributed by atoms with E-state index in [9.17, 15) is 14.3 Å². The second-order valence-corrected chi connectivity index (χ2v) is 5.90. The molecule has 0 radical (unpaired) electrons. The van der Waals surface area contributed by atoms with Gasteiger partial charge >= 0.3 is 0 Å². The van der Waals surface area contributed by atoms with Gasteiger partial charge in [0.25, 0.3) is 5.91 Å². The van der Waals surface area contributed by atoms with E-state index in [1.54, 1.807) is 4.90 Å². The number of ether oxygens (including phenoxy) is 1. The van der Waals surface area contributed by atoms with Crippen LogP contribution in [-0.4, -0.2) is 47.3 Å². The van der Waals surface area contributed by atoms with E-state index < -0.39 is 17.5 Å². The summed E-state index contributed by atoms with van der Waals surface area (Å²) in [5.41, 5.74) is -0.312. The minimum atomic E-state index is -0.622. The van der Waals surface area contributed by atoms with Gasteiger partial charge in [-0.15, -0.1) is 0 Å². The Morgan fingerprint density at radius 3 is 2.90 bits per heavy atom. The van der Waals surface area contributed by atoms with Crippen LogP contribution in [0.5, 0.6) is 0 Å². The van der Waals surface area contributed by atoms with Crippen LogP contribution in [0.15, 0.2) is 18.2 Å². The Kier molecular flexibility index (Phi) is 4.32. The number of carbonyl (C=O) groups is 1. The van der Waals surface area contributed by atoms with E-state index in [-0.39, 0.29) is 29.6 Å². The quantitative estimate of drug-likeness (QED) is 0.910. The van der Waals surface area contributed by atoms with Crippen molar-refractivity contribution in [3.63, 3.8) is 0 Å². The SMILES string of the molecule is CC1(C)CN(C(=O)c2ccc(Cl)c(F)c2)CC(CO)O1. The van der Waals surface area contributed by atoms with Crippen LogP contribution in [0.4, 0.5) is 4.39 Å². The van der Waals surface area contributed by atoms with Crippen LogP contribution in [0, 0.1) is 5.82 Å². The molecule has 1 unspecified atom stereocenters. The van der Waals surface area contributed by atoms with E-state index in [1.165, 1.54) is 12.1 Å². The number of rotatable bonds is 2. The maximum Gasteiger partial charge on any atom is 0.254 e. The second kappa shape index (κ2) is 5.68.